The molecule has 2 heterocycles. The lowest BCUT2D eigenvalue weighted by Gasteiger charge is -2.32. The summed E-state index contributed by atoms with van der Waals surface area (Å²) < 4.78 is 37.5. The fraction of sp³-hybridized carbons (Fsp3) is 0.632. The molecule has 1 saturated heterocycles. The first-order valence-electron chi connectivity index (χ1n) is 9.73. The van der Waals surface area contributed by atoms with Crippen LogP contribution in [0.2, 0.25) is 0 Å². The number of hydrogen-bond donors (Lipinski definition) is 1. The molecule has 0 aromatic heterocycles. The predicted octanol–water partition coefficient (Wildman–Crippen LogP) is 1.02. The summed E-state index contributed by atoms with van der Waals surface area (Å²) in [4.78, 5) is 6.49. The summed E-state index contributed by atoms with van der Waals surface area (Å²) in [5, 5.41) is 3.23. The van der Waals surface area contributed by atoms with E-state index >= 15 is 0 Å². The largest absolute Gasteiger partial charge is 0.493 e. The second-order valence-electron chi connectivity index (χ2n) is 6.95. The minimum atomic E-state index is -3.23. The van der Waals surface area contributed by atoms with Gasteiger partial charge in [0.05, 0.1) is 20.0 Å². The van der Waals surface area contributed by atoms with E-state index in [4.69, 9.17) is 9.47 Å². The van der Waals surface area contributed by atoms with Crippen LogP contribution in [0.4, 0.5) is 0 Å². The van der Waals surface area contributed by atoms with Gasteiger partial charge in [-0.1, -0.05) is 0 Å². The highest BCUT2D eigenvalue weighted by atomic mass is 32.2. The van der Waals surface area contributed by atoms with Gasteiger partial charge < -0.3 is 19.7 Å². The average molecular weight is 443 g/mol. The molecule has 0 amide bonds. The van der Waals surface area contributed by atoms with Crippen molar-refractivity contribution in [3.05, 3.63) is 23.3 Å². The van der Waals surface area contributed by atoms with Crippen LogP contribution in [0, 0.1) is 0 Å². The van der Waals surface area contributed by atoms with Gasteiger partial charge in [-0.3, -0.25) is 4.99 Å². The summed E-state index contributed by atoms with van der Waals surface area (Å²) in [6.45, 7) is 3.05. The molecule has 10 heteroatoms. The summed E-state index contributed by atoms with van der Waals surface area (Å²) in [6, 6.07) is 4.04. The fourth-order valence-corrected chi connectivity index (χ4v) is 6.13. The predicted molar refractivity (Wildman–Crippen MR) is 118 cm³/mol. The maximum atomic E-state index is 12.5. The first-order valence-corrected chi connectivity index (χ1v) is 12.5. The second kappa shape index (κ2) is 9.90. The molecular formula is C19H30N4O4S2. The molecule has 0 saturated carbocycles. The molecule has 2 aliphatic heterocycles. The molecule has 0 unspecified atom stereocenters. The van der Waals surface area contributed by atoms with Crippen molar-refractivity contribution in [1.29, 1.82) is 0 Å². The van der Waals surface area contributed by atoms with Crippen LogP contribution in [-0.4, -0.2) is 88.3 Å². The molecule has 1 fully saturated rings. The highest BCUT2D eigenvalue weighted by Crippen LogP contribution is 2.33. The standard InChI is InChI=1S/C19H30N4O4S2/c1-20-19(21-5-11-29(24,25)23-7-9-28-10-8-23)22-6-4-15-12-17(26-2)18(27-3)13-16(15)14-22/h12-13H,4-11,14H2,1-3H3,(H,20,21). The lowest BCUT2D eigenvalue weighted by Crippen LogP contribution is -2.47. The Morgan fingerprint density at radius 1 is 1.14 bits per heavy atom. The second-order valence-corrected chi connectivity index (χ2v) is 10.3. The van der Waals surface area contributed by atoms with Gasteiger partial charge in [0.2, 0.25) is 10.0 Å². The molecule has 0 spiro atoms. The lowest BCUT2D eigenvalue weighted by molar-refractivity contribution is 0.346. The number of rotatable bonds is 6. The molecule has 1 aromatic carbocycles. The van der Waals surface area contributed by atoms with Crippen LogP contribution in [0.3, 0.4) is 0 Å². The third-order valence-corrected chi connectivity index (χ3v) is 8.05. The van der Waals surface area contributed by atoms with Crippen LogP contribution < -0.4 is 14.8 Å². The van der Waals surface area contributed by atoms with Crippen LogP contribution in [-0.2, 0) is 23.0 Å². The van der Waals surface area contributed by atoms with Crippen molar-refractivity contribution in [2.75, 3.05) is 64.7 Å². The van der Waals surface area contributed by atoms with Gasteiger partial charge in [-0.2, -0.15) is 11.8 Å². The van der Waals surface area contributed by atoms with Gasteiger partial charge in [-0.25, -0.2) is 12.7 Å². The van der Waals surface area contributed by atoms with E-state index in [-0.39, 0.29) is 5.75 Å². The van der Waals surface area contributed by atoms with Gasteiger partial charge in [0.25, 0.3) is 0 Å². The monoisotopic (exact) mass is 442 g/mol. The fourth-order valence-electron chi connectivity index (χ4n) is 3.64. The van der Waals surface area contributed by atoms with Crippen molar-refractivity contribution < 1.29 is 17.9 Å². The van der Waals surface area contributed by atoms with Crippen molar-refractivity contribution in [2.24, 2.45) is 4.99 Å². The molecule has 0 atom stereocenters. The van der Waals surface area contributed by atoms with Crippen LogP contribution in [0.5, 0.6) is 11.5 Å². The molecular weight excluding hydrogens is 412 g/mol. The first-order chi connectivity index (χ1) is 14.0. The minimum absolute atomic E-state index is 0.0755. The number of fused-ring (bicyclic) bond motifs is 1. The Morgan fingerprint density at radius 2 is 1.79 bits per heavy atom. The molecule has 29 heavy (non-hydrogen) atoms. The number of thioether (sulfide) groups is 1. The summed E-state index contributed by atoms with van der Waals surface area (Å²) >= 11 is 1.80. The Bertz CT molecular complexity index is 839. The maximum Gasteiger partial charge on any atom is 0.215 e. The highest BCUT2D eigenvalue weighted by molar-refractivity contribution is 7.99. The van der Waals surface area contributed by atoms with E-state index < -0.39 is 10.0 Å². The number of methoxy groups -OCH3 is 2. The SMILES string of the molecule is CN=C(NCCS(=O)(=O)N1CCSCC1)N1CCc2cc(OC)c(OC)cc2C1. The third-order valence-electron chi connectivity index (χ3n) is 5.24. The van der Waals surface area contributed by atoms with Gasteiger partial charge in [0.15, 0.2) is 17.5 Å². The summed E-state index contributed by atoms with van der Waals surface area (Å²) in [7, 11) is 1.77. The quantitative estimate of drug-likeness (QED) is 0.520. The van der Waals surface area contributed by atoms with E-state index in [2.05, 4.69) is 15.2 Å². The topological polar surface area (TPSA) is 83.5 Å². The molecule has 0 bridgehead atoms. The zero-order chi connectivity index (χ0) is 20.9. The number of aliphatic imine (C=N–C) groups is 1. The van der Waals surface area contributed by atoms with Crippen LogP contribution in [0.1, 0.15) is 11.1 Å². The molecule has 8 nitrogen and oxygen atoms in total. The zero-order valence-electron chi connectivity index (χ0n) is 17.3. The Balaban J connectivity index is 1.60. The molecule has 2 aliphatic rings. The number of sulfonamides is 1. The number of nitrogens with one attached hydrogen (secondary N) is 1. The number of hydrogen-bond acceptors (Lipinski definition) is 6. The van der Waals surface area contributed by atoms with Crippen molar-refractivity contribution in [2.45, 2.75) is 13.0 Å². The summed E-state index contributed by atoms with van der Waals surface area (Å²) in [5.41, 5.74) is 2.40. The third kappa shape index (κ3) is 5.29. The Labute approximate surface area is 177 Å². The Kier molecular flexibility index (Phi) is 7.53. The van der Waals surface area contributed by atoms with Gasteiger partial charge >= 0.3 is 0 Å². The molecule has 162 valence electrons. The van der Waals surface area contributed by atoms with Gasteiger partial charge in [-0.05, 0) is 29.7 Å². The van der Waals surface area contributed by atoms with E-state index in [1.807, 2.05) is 12.1 Å². The normalized spacial score (nSPS) is 18.3. The molecule has 0 radical (unpaired) electrons. The van der Waals surface area contributed by atoms with Crippen LogP contribution in [0.15, 0.2) is 17.1 Å². The first kappa shape index (κ1) is 22.0. The molecule has 0 aliphatic carbocycles. The molecule has 3 rings (SSSR count). The van der Waals surface area contributed by atoms with E-state index in [0.29, 0.717) is 31.9 Å². The van der Waals surface area contributed by atoms with Crippen molar-refractivity contribution in [3.8, 4) is 11.5 Å². The Hall–Kier alpha value is -1.65. The van der Waals surface area contributed by atoms with Crippen LogP contribution >= 0.6 is 11.8 Å². The van der Waals surface area contributed by atoms with Gasteiger partial charge in [-0.15, -0.1) is 0 Å². The number of ether oxygens (including phenoxy) is 2. The van der Waals surface area contributed by atoms with E-state index in [0.717, 1.165) is 41.7 Å². The zero-order valence-corrected chi connectivity index (χ0v) is 18.9. The van der Waals surface area contributed by atoms with Gasteiger partial charge in [0, 0.05) is 51.3 Å². The van der Waals surface area contributed by atoms with E-state index in [1.54, 1.807) is 37.3 Å². The van der Waals surface area contributed by atoms with E-state index in [1.165, 1.54) is 5.56 Å². The molecule has 1 aromatic rings. The van der Waals surface area contributed by atoms with Crippen molar-refractivity contribution >= 4 is 27.7 Å². The maximum absolute atomic E-state index is 12.5. The highest BCUT2D eigenvalue weighted by Gasteiger charge is 2.25. The molecule has 1 N–H and O–H groups in total. The van der Waals surface area contributed by atoms with Gasteiger partial charge in [0.1, 0.15) is 0 Å². The van der Waals surface area contributed by atoms with Crippen molar-refractivity contribution in [1.82, 2.24) is 14.5 Å². The van der Waals surface area contributed by atoms with Crippen molar-refractivity contribution in [3.63, 3.8) is 0 Å². The summed E-state index contributed by atoms with van der Waals surface area (Å²) in [6.07, 6.45) is 0.861. The smallest absolute Gasteiger partial charge is 0.215 e. The number of benzene rings is 1. The van der Waals surface area contributed by atoms with Crippen LogP contribution in [0.25, 0.3) is 0 Å². The average Bonchev–Trinajstić information content (AvgIpc) is 2.76. The summed E-state index contributed by atoms with van der Waals surface area (Å²) in [5.74, 6) is 3.98. The number of nitrogens with zero attached hydrogens (tertiary/aromatic N) is 3. The lowest BCUT2D eigenvalue weighted by atomic mass is 9.99. The number of guanidine groups is 1. The Morgan fingerprint density at radius 3 is 2.41 bits per heavy atom. The van der Waals surface area contributed by atoms with E-state index in [9.17, 15) is 8.42 Å². The minimum Gasteiger partial charge on any atom is -0.493 e.